The fourth-order valence-electron chi connectivity index (χ4n) is 1.77. The number of nitrogens with two attached hydrogens (primary N) is 1. The van der Waals surface area contributed by atoms with Gasteiger partial charge in [-0.25, -0.2) is 0 Å². The van der Waals surface area contributed by atoms with Crippen LogP contribution >= 0.6 is 0 Å². The summed E-state index contributed by atoms with van der Waals surface area (Å²) in [5.74, 6) is 1.14. The summed E-state index contributed by atoms with van der Waals surface area (Å²) in [6.45, 7) is 0. The van der Waals surface area contributed by atoms with E-state index >= 15 is 0 Å². The lowest BCUT2D eigenvalue weighted by atomic mass is 10.2. The van der Waals surface area contributed by atoms with Crippen LogP contribution < -0.4 is 5.73 Å². The number of hydrogen-bond donors (Lipinski definition) is 2. The fourth-order valence-corrected chi connectivity index (χ4v) is 1.77. The zero-order chi connectivity index (χ0) is 11.1. The minimum absolute atomic E-state index is 0.154. The van der Waals surface area contributed by atoms with Gasteiger partial charge >= 0.3 is 0 Å². The largest absolute Gasteiger partial charge is 0.506 e. The van der Waals surface area contributed by atoms with Crippen LogP contribution in [0.1, 0.15) is 24.5 Å². The predicted octanol–water partition coefficient (Wildman–Crippen LogP) is 1.43. The van der Waals surface area contributed by atoms with Gasteiger partial charge in [0.2, 0.25) is 0 Å². The van der Waals surface area contributed by atoms with Crippen LogP contribution in [0.5, 0.6) is 5.75 Å². The van der Waals surface area contributed by atoms with Gasteiger partial charge in [0.25, 0.3) is 0 Å². The Labute approximate surface area is 92.5 Å². The van der Waals surface area contributed by atoms with Crippen molar-refractivity contribution in [1.82, 2.24) is 15.0 Å². The first kappa shape index (κ1) is 9.21. The lowest BCUT2D eigenvalue weighted by molar-refractivity contribution is 0.470. The first-order valence-corrected chi connectivity index (χ1v) is 5.27. The fraction of sp³-hybridized carbons (Fsp3) is 0.273. The molecule has 0 aliphatic heterocycles. The smallest absolute Gasteiger partial charge is 0.151 e. The zero-order valence-electron chi connectivity index (χ0n) is 8.67. The SMILES string of the molecule is Nc1c(C2CC2)nnn1-c1ccccc1O. The third-order valence-electron chi connectivity index (χ3n) is 2.81. The molecule has 1 aliphatic rings. The molecule has 1 fully saturated rings. The molecule has 16 heavy (non-hydrogen) atoms. The van der Waals surface area contributed by atoms with E-state index in [2.05, 4.69) is 10.3 Å². The molecule has 3 N–H and O–H groups in total. The van der Waals surface area contributed by atoms with Gasteiger partial charge in [0, 0.05) is 5.92 Å². The van der Waals surface area contributed by atoms with Gasteiger partial charge in [0.1, 0.15) is 17.1 Å². The molecule has 0 amide bonds. The molecule has 0 atom stereocenters. The molecule has 5 heteroatoms. The van der Waals surface area contributed by atoms with E-state index in [1.165, 1.54) is 4.68 Å². The average molecular weight is 216 g/mol. The van der Waals surface area contributed by atoms with Crippen LogP contribution in [-0.2, 0) is 0 Å². The molecule has 1 aromatic carbocycles. The quantitative estimate of drug-likeness (QED) is 0.796. The third kappa shape index (κ3) is 1.32. The summed E-state index contributed by atoms with van der Waals surface area (Å²) >= 11 is 0. The molecule has 3 rings (SSSR count). The number of phenolic OH excluding ortho intramolecular Hbond substituents is 1. The molecule has 0 bridgehead atoms. The van der Waals surface area contributed by atoms with Crippen LogP contribution in [0.2, 0.25) is 0 Å². The highest BCUT2D eigenvalue weighted by molar-refractivity contribution is 5.52. The van der Waals surface area contributed by atoms with E-state index in [1.807, 2.05) is 6.07 Å². The highest BCUT2D eigenvalue weighted by Crippen LogP contribution is 2.41. The number of benzene rings is 1. The Hall–Kier alpha value is -2.04. The van der Waals surface area contributed by atoms with Crippen LogP contribution in [0, 0.1) is 0 Å². The van der Waals surface area contributed by atoms with Crippen molar-refractivity contribution < 1.29 is 5.11 Å². The molecule has 0 saturated heterocycles. The summed E-state index contributed by atoms with van der Waals surface area (Å²) in [5, 5.41) is 17.8. The monoisotopic (exact) mass is 216 g/mol. The summed E-state index contributed by atoms with van der Waals surface area (Å²) in [6, 6.07) is 6.95. The lowest BCUT2D eigenvalue weighted by Crippen LogP contribution is -2.03. The Balaban J connectivity index is 2.10. The van der Waals surface area contributed by atoms with Crippen molar-refractivity contribution in [2.45, 2.75) is 18.8 Å². The van der Waals surface area contributed by atoms with Crippen molar-refractivity contribution in [3.8, 4) is 11.4 Å². The molecule has 0 radical (unpaired) electrons. The van der Waals surface area contributed by atoms with E-state index < -0.39 is 0 Å². The van der Waals surface area contributed by atoms with Crippen molar-refractivity contribution in [2.75, 3.05) is 5.73 Å². The van der Waals surface area contributed by atoms with Crippen LogP contribution in [0.15, 0.2) is 24.3 Å². The standard InChI is InChI=1S/C11H12N4O/c12-11-10(7-5-6-7)13-14-15(11)8-3-1-2-4-9(8)16/h1-4,7,16H,5-6,12H2. The van der Waals surface area contributed by atoms with Crippen molar-refractivity contribution in [2.24, 2.45) is 0 Å². The van der Waals surface area contributed by atoms with Crippen LogP contribution in [-0.4, -0.2) is 20.1 Å². The Morgan fingerprint density at radius 2 is 2.06 bits per heavy atom. The second kappa shape index (κ2) is 3.23. The summed E-state index contributed by atoms with van der Waals surface area (Å²) in [7, 11) is 0. The second-order valence-corrected chi connectivity index (χ2v) is 4.03. The van der Waals surface area contributed by atoms with Crippen molar-refractivity contribution in [1.29, 1.82) is 0 Å². The summed E-state index contributed by atoms with van der Waals surface area (Å²) in [5.41, 5.74) is 7.39. The van der Waals surface area contributed by atoms with Crippen molar-refractivity contribution in [3.63, 3.8) is 0 Å². The minimum atomic E-state index is 0.154. The van der Waals surface area contributed by atoms with Gasteiger partial charge in [-0.15, -0.1) is 5.10 Å². The first-order chi connectivity index (χ1) is 7.77. The normalized spacial score (nSPS) is 15.2. The maximum absolute atomic E-state index is 9.71. The van der Waals surface area contributed by atoms with Crippen LogP contribution in [0.25, 0.3) is 5.69 Å². The van der Waals surface area contributed by atoms with Gasteiger partial charge in [0.15, 0.2) is 5.82 Å². The zero-order valence-corrected chi connectivity index (χ0v) is 8.67. The number of rotatable bonds is 2. The Morgan fingerprint density at radius 1 is 1.31 bits per heavy atom. The Kier molecular flexibility index (Phi) is 1.86. The van der Waals surface area contributed by atoms with E-state index in [1.54, 1.807) is 18.2 Å². The number of para-hydroxylation sites is 2. The predicted molar refractivity (Wildman–Crippen MR) is 59.4 cm³/mol. The van der Waals surface area contributed by atoms with Crippen LogP contribution in [0.4, 0.5) is 5.82 Å². The lowest BCUT2D eigenvalue weighted by Gasteiger charge is -2.04. The molecular weight excluding hydrogens is 204 g/mol. The van der Waals surface area contributed by atoms with E-state index in [4.69, 9.17) is 5.73 Å². The van der Waals surface area contributed by atoms with E-state index in [0.717, 1.165) is 18.5 Å². The van der Waals surface area contributed by atoms with E-state index in [-0.39, 0.29) is 5.75 Å². The van der Waals surface area contributed by atoms with Crippen molar-refractivity contribution in [3.05, 3.63) is 30.0 Å². The molecule has 1 aromatic heterocycles. The third-order valence-corrected chi connectivity index (χ3v) is 2.81. The van der Waals surface area contributed by atoms with Gasteiger partial charge in [-0.3, -0.25) is 0 Å². The van der Waals surface area contributed by atoms with Gasteiger partial charge in [-0.1, -0.05) is 17.3 Å². The molecule has 0 spiro atoms. The van der Waals surface area contributed by atoms with E-state index in [0.29, 0.717) is 17.4 Å². The second-order valence-electron chi connectivity index (χ2n) is 4.03. The minimum Gasteiger partial charge on any atom is -0.506 e. The molecule has 1 heterocycles. The molecule has 1 aliphatic carbocycles. The van der Waals surface area contributed by atoms with E-state index in [9.17, 15) is 5.11 Å². The number of phenols is 1. The first-order valence-electron chi connectivity index (χ1n) is 5.27. The van der Waals surface area contributed by atoms with Gasteiger partial charge in [-0.2, -0.15) is 4.68 Å². The maximum Gasteiger partial charge on any atom is 0.151 e. The van der Waals surface area contributed by atoms with Gasteiger partial charge in [-0.05, 0) is 25.0 Å². The molecule has 5 nitrogen and oxygen atoms in total. The number of aromatic hydroxyl groups is 1. The Bertz CT molecular complexity index is 531. The summed E-state index contributed by atoms with van der Waals surface area (Å²) in [6.07, 6.45) is 2.26. The number of nitrogen functional groups attached to an aromatic ring is 1. The molecule has 2 aromatic rings. The van der Waals surface area contributed by atoms with Gasteiger partial charge < -0.3 is 10.8 Å². The average Bonchev–Trinajstić information content (AvgIpc) is 3.05. The van der Waals surface area contributed by atoms with Crippen LogP contribution in [0.3, 0.4) is 0 Å². The van der Waals surface area contributed by atoms with Crippen molar-refractivity contribution >= 4 is 5.82 Å². The number of aromatic nitrogens is 3. The molecule has 0 unspecified atom stereocenters. The molecule has 1 saturated carbocycles. The number of anilines is 1. The Morgan fingerprint density at radius 3 is 2.75 bits per heavy atom. The molecular formula is C11H12N4O. The highest BCUT2D eigenvalue weighted by Gasteiger charge is 2.30. The molecule has 82 valence electrons. The summed E-state index contributed by atoms with van der Waals surface area (Å²) < 4.78 is 1.49. The maximum atomic E-state index is 9.71. The number of hydrogen-bond acceptors (Lipinski definition) is 4. The topological polar surface area (TPSA) is 77.0 Å². The highest BCUT2D eigenvalue weighted by atomic mass is 16.3. The summed E-state index contributed by atoms with van der Waals surface area (Å²) in [4.78, 5) is 0. The van der Waals surface area contributed by atoms with Gasteiger partial charge in [0.05, 0.1) is 0 Å². The number of nitrogens with zero attached hydrogens (tertiary/aromatic N) is 3.